The zero-order valence-electron chi connectivity index (χ0n) is 13.3. The van der Waals surface area contributed by atoms with Gasteiger partial charge >= 0.3 is 0 Å². The average Bonchev–Trinajstić information content (AvgIpc) is 2.55. The van der Waals surface area contributed by atoms with E-state index in [1.807, 2.05) is 0 Å². The number of aliphatic hydroxyl groups is 1. The number of benzene rings is 1. The molecule has 0 radical (unpaired) electrons. The van der Waals surface area contributed by atoms with Crippen LogP contribution in [0.1, 0.15) is 19.3 Å². The summed E-state index contributed by atoms with van der Waals surface area (Å²) in [4.78, 5) is 25.2. The molecule has 1 saturated heterocycles. The van der Waals surface area contributed by atoms with Crippen LogP contribution in [0.25, 0.3) is 0 Å². The summed E-state index contributed by atoms with van der Waals surface area (Å²) in [6.45, 7) is 0.313. The molecule has 132 valence electrons. The number of likely N-dealkylation sites (tertiary alicyclic amines) is 1. The van der Waals surface area contributed by atoms with Gasteiger partial charge in [0.25, 0.3) is 5.91 Å². The van der Waals surface area contributed by atoms with Gasteiger partial charge < -0.3 is 20.1 Å². The number of nitrogens with one attached hydrogen (secondary N) is 1. The Hall–Kier alpha value is -1.86. The molecule has 1 aliphatic heterocycles. The van der Waals surface area contributed by atoms with Crippen molar-refractivity contribution in [1.29, 1.82) is 0 Å². The van der Waals surface area contributed by atoms with Gasteiger partial charge in [-0.2, -0.15) is 0 Å². The van der Waals surface area contributed by atoms with E-state index >= 15 is 0 Å². The largest absolute Gasteiger partial charge is 0.484 e. The second-order valence-electron chi connectivity index (χ2n) is 5.86. The number of carbonyl (C=O) groups excluding carboxylic acids is 2. The predicted molar refractivity (Wildman–Crippen MR) is 86.4 cm³/mol. The Labute approximate surface area is 144 Å². The number of halogens is 2. The summed E-state index contributed by atoms with van der Waals surface area (Å²) in [6, 6.07) is 3.83. The smallest absolute Gasteiger partial charge is 0.260 e. The molecule has 8 heteroatoms. The van der Waals surface area contributed by atoms with Crippen molar-refractivity contribution in [3.05, 3.63) is 29.0 Å². The molecule has 0 aliphatic carbocycles. The van der Waals surface area contributed by atoms with Crippen molar-refractivity contribution in [3.63, 3.8) is 0 Å². The van der Waals surface area contributed by atoms with Crippen LogP contribution >= 0.6 is 11.6 Å². The Bertz CT molecular complexity index is 628. The number of β-amino-alcohol motifs (C(OH)–C–C–N with tert-alkyl or cyclic N) is 1. The van der Waals surface area contributed by atoms with E-state index in [9.17, 15) is 19.1 Å². The summed E-state index contributed by atoms with van der Waals surface area (Å²) in [5.74, 6) is -0.868. The maximum Gasteiger partial charge on any atom is 0.260 e. The number of hydrogen-bond acceptors (Lipinski definition) is 4. The van der Waals surface area contributed by atoms with E-state index in [2.05, 4.69) is 5.32 Å². The van der Waals surface area contributed by atoms with Crippen molar-refractivity contribution in [2.24, 2.45) is 0 Å². The van der Waals surface area contributed by atoms with Gasteiger partial charge in [0.1, 0.15) is 11.6 Å². The van der Waals surface area contributed by atoms with Gasteiger partial charge in [-0.05, 0) is 25.0 Å². The number of hydrogen-bond donors (Lipinski definition) is 2. The highest BCUT2D eigenvalue weighted by molar-refractivity contribution is 6.30. The van der Waals surface area contributed by atoms with E-state index in [4.69, 9.17) is 16.3 Å². The Balaban J connectivity index is 1.91. The average molecular weight is 359 g/mol. The third-order valence-electron chi connectivity index (χ3n) is 3.93. The van der Waals surface area contributed by atoms with Crippen molar-refractivity contribution < 1.29 is 23.8 Å². The molecule has 1 aromatic carbocycles. The number of amides is 2. The van der Waals surface area contributed by atoms with Gasteiger partial charge in [0, 0.05) is 26.2 Å². The Morgan fingerprint density at radius 3 is 2.92 bits per heavy atom. The molecule has 2 rings (SSSR count). The lowest BCUT2D eigenvalue weighted by atomic mass is 9.89. The number of nitrogens with zero attached hydrogens (tertiary/aromatic N) is 1. The fraction of sp³-hybridized carbons (Fsp3) is 0.500. The SMILES string of the molecule is CNC(=O)CC1(O)CCCN(C(=O)COc2ccc(F)c(Cl)c2)C1. The molecule has 1 aromatic rings. The molecular weight excluding hydrogens is 339 g/mol. The van der Waals surface area contributed by atoms with Crippen LogP contribution in [-0.4, -0.2) is 54.2 Å². The van der Waals surface area contributed by atoms with E-state index in [0.29, 0.717) is 19.4 Å². The summed E-state index contributed by atoms with van der Waals surface area (Å²) in [7, 11) is 1.50. The van der Waals surface area contributed by atoms with Crippen LogP contribution in [0.3, 0.4) is 0 Å². The minimum absolute atomic E-state index is 0.0539. The van der Waals surface area contributed by atoms with Crippen LogP contribution in [0.5, 0.6) is 5.75 Å². The van der Waals surface area contributed by atoms with E-state index in [1.54, 1.807) is 0 Å². The molecule has 1 aliphatic rings. The van der Waals surface area contributed by atoms with Gasteiger partial charge in [0.2, 0.25) is 5.91 Å². The van der Waals surface area contributed by atoms with Crippen molar-refractivity contribution in [2.45, 2.75) is 24.9 Å². The molecule has 0 spiro atoms. The van der Waals surface area contributed by atoms with E-state index in [-0.39, 0.29) is 42.2 Å². The van der Waals surface area contributed by atoms with Gasteiger partial charge in [-0.1, -0.05) is 11.6 Å². The molecule has 1 atom stereocenters. The van der Waals surface area contributed by atoms with Gasteiger partial charge in [-0.15, -0.1) is 0 Å². The number of piperidine rings is 1. The van der Waals surface area contributed by atoms with E-state index < -0.39 is 11.4 Å². The molecule has 0 bridgehead atoms. The monoisotopic (exact) mass is 358 g/mol. The first kappa shape index (κ1) is 18.5. The molecule has 2 N–H and O–H groups in total. The highest BCUT2D eigenvalue weighted by Gasteiger charge is 2.36. The van der Waals surface area contributed by atoms with Crippen LogP contribution in [0, 0.1) is 5.82 Å². The lowest BCUT2D eigenvalue weighted by molar-refractivity contribution is -0.143. The van der Waals surface area contributed by atoms with Gasteiger partial charge in [0.15, 0.2) is 6.61 Å². The van der Waals surface area contributed by atoms with Crippen LogP contribution in [-0.2, 0) is 9.59 Å². The summed E-state index contributed by atoms with van der Waals surface area (Å²) in [6.07, 6.45) is 1.00. The fourth-order valence-corrected chi connectivity index (χ4v) is 2.83. The Kier molecular flexibility index (Phi) is 6.01. The minimum atomic E-state index is -1.23. The zero-order chi connectivity index (χ0) is 17.7. The van der Waals surface area contributed by atoms with Crippen LogP contribution in [0.15, 0.2) is 18.2 Å². The molecule has 1 heterocycles. The number of carbonyl (C=O) groups is 2. The quantitative estimate of drug-likeness (QED) is 0.832. The highest BCUT2D eigenvalue weighted by atomic mass is 35.5. The summed E-state index contributed by atoms with van der Waals surface area (Å²) in [5, 5.41) is 12.9. The first-order valence-electron chi connectivity index (χ1n) is 7.61. The molecule has 0 saturated carbocycles. The lowest BCUT2D eigenvalue weighted by Gasteiger charge is -2.38. The van der Waals surface area contributed by atoms with Crippen LogP contribution in [0.2, 0.25) is 5.02 Å². The number of ether oxygens (including phenoxy) is 1. The van der Waals surface area contributed by atoms with Gasteiger partial charge in [-0.25, -0.2) is 4.39 Å². The third-order valence-corrected chi connectivity index (χ3v) is 4.22. The predicted octanol–water partition coefficient (Wildman–Crippen LogP) is 1.35. The minimum Gasteiger partial charge on any atom is -0.484 e. The first-order chi connectivity index (χ1) is 11.3. The van der Waals surface area contributed by atoms with Crippen LogP contribution in [0.4, 0.5) is 4.39 Å². The molecule has 1 unspecified atom stereocenters. The first-order valence-corrected chi connectivity index (χ1v) is 7.99. The molecule has 24 heavy (non-hydrogen) atoms. The molecular formula is C16H20ClFN2O4. The summed E-state index contributed by atoms with van der Waals surface area (Å²) in [5.41, 5.74) is -1.23. The standard InChI is InChI=1S/C16H20ClFN2O4/c1-19-14(21)8-16(23)5-2-6-20(10-16)15(22)9-24-11-3-4-13(18)12(17)7-11/h3-4,7,23H,2,5-6,8-10H2,1H3,(H,19,21). The molecule has 1 fully saturated rings. The molecule has 2 amide bonds. The second kappa shape index (κ2) is 7.81. The summed E-state index contributed by atoms with van der Waals surface area (Å²) >= 11 is 5.66. The topological polar surface area (TPSA) is 78.9 Å². The van der Waals surface area contributed by atoms with Crippen molar-refractivity contribution in [2.75, 3.05) is 26.7 Å². The molecule has 6 nitrogen and oxygen atoms in total. The van der Waals surface area contributed by atoms with Crippen molar-refractivity contribution in [1.82, 2.24) is 10.2 Å². The lowest BCUT2D eigenvalue weighted by Crippen LogP contribution is -2.53. The third kappa shape index (κ3) is 4.82. The van der Waals surface area contributed by atoms with Gasteiger partial charge in [0.05, 0.1) is 17.0 Å². The van der Waals surface area contributed by atoms with Crippen molar-refractivity contribution >= 4 is 23.4 Å². The van der Waals surface area contributed by atoms with Gasteiger partial charge in [-0.3, -0.25) is 9.59 Å². The second-order valence-corrected chi connectivity index (χ2v) is 6.26. The van der Waals surface area contributed by atoms with Crippen LogP contribution < -0.4 is 10.1 Å². The zero-order valence-corrected chi connectivity index (χ0v) is 14.1. The maximum absolute atomic E-state index is 13.1. The summed E-state index contributed by atoms with van der Waals surface area (Å²) < 4.78 is 18.4. The van der Waals surface area contributed by atoms with E-state index in [0.717, 1.165) is 6.07 Å². The Morgan fingerprint density at radius 1 is 1.50 bits per heavy atom. The normalized spacial score (nSPS) is 20.6. The van der Waals surface area contributed by atoms with E-state index in [1.165, 1.54) is 24.1 Å². The highest BCUT2D eigenvalue weighted by Crippen LogP contribution is 2.25. The Morgan fingerprint density at radius 2 is 2.25 bits per heavy atom. The fourth-order valence-electron chi connectivity index (χ4n) is 2.66. The molecule has 0 aromatic heterocycles. The van der Waals surface area contributed by atoms with Crippen molar-refractivity contribution in [3.8, 4) is 5.75 Å². The number of rotatable bonds is 5. The maximum atomic E-state index is 13.1.